The largest absolute Gasteiger partial charge is 0.309 e. The molecule has 0 aromatic rings. The van der Waals surface area contributed by atoms with Crippen LogP contribution in [0.5, 0.6) is 0 Å². The van der Waals surface area contributed by atoms with E-state index in [1.807, 2.05) is 13.8 Å². The van der Waals surface area contributed by atoms with Gasteiger partial charge in [-0.05, 0) is 17.6 Å². The van der Waals surface area contributed by atoms with Crippen LogP contribution in [-0.2, 0) is 0 Å². The topological polar surface area (TPSA) is 47.7 Å². The fourth-order valence-corrected chi connectivity index (χ4v) is 0.890. The van der Waals surface area contributed by atoms with Crippen molar-refractivity contribution >= 4 is 23.0 Å². The van der Waals surface area contributed by atoms with Crippen LogP contribution in [-0.4, -0.2) is 11.4 Å². The van der Waals surface area contributed by atoms with Crippen molar-refractivity contribution in [3.63, 3.8) is 0 Å². The van der Waals surface area contributed by atoms with Crippen molar-refractivity contribution in [2.75, 3.05) is 0 Å². The molecule has 10 heavy (non-hydrogen) atoms. The van der Waals surface area contributed by atoms with Crippen LogP contribution < -0.4 is 0 Å². The average Bonchev–Trinajstić information content (AvgIpc) is 1.81. The molecule has 0 atom stereocenters. The molecule has 0 aliphatic carbocycles. The number of allylic oxidation sites excluding steroid dienone is 2. The lowest BCUT2D eigenvalue weighted by Crippen LogP contribution is -2.00. The first-order valence-corrected chi connectivity index (χ1v) is 3.42. The van der Waals surface area contributed by atoms with Crippen LogP contribution in [0.1, 0.15) is 13.8 Å². The van der Waals surface area contributed by atoms with E-state index in [-0.39, 0.29) is 11.1 Å². The summed E-state index contributed by atoms with van der Waals surface area (Å²) in [5.41, 5.74) is 0.705. The molecular formula is C7H11ClN2. The maximum atomic E-state index is 7.08. The van der Waals surface area contributed by atoms with E-state index in [4.69, 9.17) is 22.4 Å². The minimum Gasteiger partial charge on any atom is -0.309 e. The lowest BCUT2D eigenvalue weighted by Gasteiger charge is -2.05. The van der Waals surface area contributed by atoms with Gasteiger partial charge >= 0.3 is 0 Å². The number of hydrogen-bond donors (Lipinski definition) is 2. The molecule has 0 aromatic heterocycles. The number of halogens is 1. The van der Waals surface area contributed by atoms with Crippen molar-refractivity contribution in [3.05, 3.63) is 11.6 Å². The molecule has 0 aliphatic heterocycles. The van der Waals surface area contributed by atoms with Gasteiger partial charge in [0.25, 0.3) is 0 Å². The van der Waals surface area contributed by atoms with E-state index in [1.165, 1.54) is 0 Å². The molecule has 2 N–H and O–H groups in total. The fourth-order valence-electron chi connectivity index (χ4n) is 0.609. The summed E-state index contributed by atoms with van der Waals surface area (Å²) in [7, 11) is 0. The first-order valence-electron chi connectivity index (χ1n) is 3.04. The van der Waals surface area contributed by atoms with Gasteiger partial charge < -0.3 is 5.41 Å². The second-order valence-corrected chi connectivity index (χ2v) is 2.64. The fraction of sp³-hybridized carbons (Fsp3) is 0.429. The minimum absolute atomic E-state index is 0.0264. The van der Waals surface area contributed by atoms with Crippen molar-refractivity contribution in [1.82, 2.24) is 0 Å². The van der Waals surface area contributed by atoms with Gasteiger partial charge in [0.05, 0.1) is 0 Å². The summed E-state index contributed by atoms with van der Waals surface area (Å²) in [5, 5.41) is 13.9. The molecule has 0 rings (SSSR count). The Hall–Kier alpha value is -0.630. The van der Waals surface area contributed by atoms with Gasteiger partial charge in [-0.25, -0.2) is 0 Å². The molecule has 0 aliphatic rings. The lowest BCUT2D eigenvalue weighted by molar-refractivity contribution is 0.805. The first-order chi connectivity index (χ1) is 4.59. The lowest BCUT2D eigenvalue weighted by atomic mass is 10.0. The molecule has 0 bridgehead atoms. The molecule has 0 amide bonds. The summed E-state index contributed by atoms with van der Waals surface area (Å²) in [5.74, 6) is 0.214. The highest BCUT2D eigenvalue weighted by molar-refractivity contribution is 6.68. The molecular weight excluding hydrogens is 148 g/mol. The monoisotopic (exact) mass is 158 g/mol. The van der Waals surface area contributed by atoms with E-state index < -0.39 is 0 Å². The maximum Gasteiger partial charge on any atom is 0.124 e. The molecule has 0 heterocycles. The molecule has 0 saturated carbocycles. The van der Waals surface area contributed by atoms with Crippen molar-refractivity contribution < 1.29 is 0 Å². The Balaban J connectivity index is 4.41. The average molecular weight is 159 g/mol. The zero-order chi connectivity index (χ0) is 8.15. The number of nitrogens with one attached hydrogen (secondary N) is 2. The highest BCUT2D eigenvalue weighted by atomic mass is 35.5. The Bertz CT molecular complexity index is 170. The highest BCUT2D eigenvalue weighted by Gasteiger charge is 2.04. The van der Waals surface area contributed by atoms with Crippen molar-refractivity contribution in [2.24, 2.45) is 5.92 Å². The van der Waals surface area contributed by atoms with Gasteiger partial charge in [0.15, 0.2) is 0 Å². The molecule has 3 heteroatoms. The van der Waals surface area contributed by atoms with Gasteiger partial charge in [-0.3, -0.25) is 5.41 Å². The normalized spacial score (nSPS) is 11.8. The van der Waals surface area contributed by atoms with Gasteiger partial charge in [-0.1, -0.05) is 25.4 Å². The van der Waals surface area contributed by atoms with Crippen LogP contribution in [0, 0.1) is 16.7 Å². The molecule has 0 spiro atoms. The van der Waals surface area contributed by atoms with Gasteiger partial charge in [-0.2, -0.15) is 0 Å². The third kappa shape index (κ3) is 2.78. The SMILES string of the molecule is CC(C)/C(=C/C=N)C(=N)Cl. The second-order valence-electron chi connectivity index (χ2n) is 2.26. The smallest absolute Gasteiger partial charge is 0.124 e. The summed E-state index contributed by atoms with van der Waals surface area (Å²) in [6, 6.07) is 0. The zero-order valence-electron chi connectivity index (χ0n) is 6.11. The minimum atomic E-state index is 0.0264. The molecule has 0 unspecified atom stereocenters. The summed E-state index contributed by atoms with van der Waals surface area (Å²) < 4.78 is 0. The van der Waals surface area contributed by atoms with E-state index in [0.717, 1.165) is 6.21 Å². The van der Waals surface area contributed by atoms with E-state index in [0.29, 0.717) is 5.57 Å². The Kier molecular flexibility index (Phi) is 3.96. The van der Waals surface area contributed by atoms with E-state index >= 15 is 0 Å². The predicted octanol–water partition coefficient (Wildman–Crippen LogP) is 2.43. The Morgan fingerprint density at radius 3 is 2.10 bits per heavy atom. The van der Waals surface area contributed by atoms with Crippen LogP contribution in [0.3, 0.4) is 0 Å². The third-order valence-electron chi connectivity index (χ3n) is 1.14. The molecule has 0 radical (unpaired) electrons. The summed E-state index contributed by atoms with van der Waals surface area (Å²) >= 11 is 5.43. The Morgan fingerprint density at radius 1 is 1.50 bits per heavy atom. The van der Waals surface area contributed by atoms with Gasteiger partial charge in [-0.15, -0.1) is 0 Å². The summed E-state index contributed by atoms with van der Waals surface area (Å²) in [6.45, 7) is 3.87. The van der Waals surface area contributed by atoms with Crippen LogP contribution in [0.25, 0.3) is 0 Å². The first kappa shape index (κ1) is 9.37. The van der Waals surface area contributed by atoms with Gasteiger partial charge in [0.2, 0.25) is 0 Å². The second kappa shape index (κ2) is 4.23. The Labute approximate surface area is 65.9 Å². The molecule has 0 aromatic carbocycles. The molecule has 0 fully saturated rings. The molecule has 0 saturated heterocycles. The van der Waals surface area contributed by atoms with Crippen LogP contribution in [0.4, 0.5) is 0 Å². The van der Waals surface area contributed by atoms with Crippen LogP contribution in [0.2, 0.25) is 0 Å². The van der Waals surface area contributed by atoms with Crippen LogP contribution >= 0.6 is 11.6 Å². The van der Waals surface area contributed by atoms with Gasteiger partial charge in [0.1, 0.15) is 5.17 Å². The van der Waals surface area contributed by atoms with Gasteiger partial charge in [0, 0.05) is 6.21 Å². The standard InChI is InChI=1S/C7H11ClN2/c1-5(2)6(3-4-9)7(8)10/h3-5,9-10H,1-2H3/b6-3-,9-4?,10-7?. The predicted molar refractivity (Wildman–Crippen MR) is 45.3 cm³/mol. The number of hydrogen-bond acceptors (Lipinski definition) is 2. The van der Waals surface area contributed by atoms with E-state index in [2.05, 4.69) is 0 Å². The van der Waals surface area contributed by atoms with E-state index in [1.54, 1.807) is 6.08 Å². The molecule has 2 nitrogen and oxygen atoms in total. The highest BCUT2D eigenvalue weighted by Crippen LogP contribution is 2.11. The summed E-state index contributed by atoms with van der Waals surface area (Å²) in [6.07, 6.45) is 2.69. The third-order valence-corrected chi connectivity index (χ3v) is 1.36. The Morgan fingerprint density at radius 2 is 2.00 bits per heavy atom. The van der Waals surface area contributed by atoms with Crippen LogP contribution in [0.15, 0.2) is 11.6 Å². The van der Waals surface area contributed by atoms with Crippen molar-refractivity contribution in [1.29, 1.82) is 10.8 Å². The maximum absolute atomic E-state index is 7.08. The van der Waals surface area contributed by atoms with Crippen molar-refractivity contribution in [2.45, 2.75) is 13.8 Å². The van der Waals surface area contributed by atoms with Crippen molar-refractivity contribution in [3.8, 4) is 0 Å². The molecule has 56 valence electrons. The van der Waals surface area contributed by atoms with E-state index in [9.17, 15) is 0 Å². The summed E-state index contributed by atoms with van der Waals surface area (Å²) in [4.78, 5) is 0. The quantitative estimate of drug-likeness (QED) is 0.593. The number of rotatable bonds is 3. The zero-order valence-corrected chi connectivity index (χ0v) is 6.87.